The Hall–Kier alpha value is -1.95. The second-order valence-electron chi connectivity index (χ2n) is 4.11. The molecule has 0 atom stereocenters. The van der Waals surface area contributed by atoms with Crippen LogP contribution >= 0.6 is 11.3 Å². The minimum Gasteiger partial charge on any atom is -0.375 e. The standard InChI is InChI=1S/C13H16N4OS/c1-3-17(8-10-6-4-5-7-15-10)12(18)11-9(2)16-13(14)19-11/h4-7H,3,8H2,1-2H3,(H2,14,16). The molecule has 2 rings (SSSR count). The molecule has 0 aliphatic heterocycles. The second kappa shape index (κ2) is 5.79. The van der Waals surface area contributed by atoms with Crippen molar-refractivity contribution < 1.29 is 4.79 Å². The largest absolute Gasteiger partial charge is 0.375 e. The van der Waals surface area contributed by atoms with Crippen LogP contribution in [-0.4, -0.2) is 27.3 Å². The molecule has 1 amide bonds. The Bertz CT molecular complexity index is 567. The fourth-order valence-electron chi connectivity index (χ4n) is 1.77. The van der Waals surface area contributed by atoms with Crippen molar-refractivity contribution in [1.82, 2.24) is 14.9 Å². The van der Waals surface area contributed by atoms with Crippen molar-refractivity contribution in [2.24, 2.45) is 0 Å². The van der Waals surface area contributed by atoms with Crippen LogP contribution in [0.25, 0.3) is 0 Å². The maximum Gasteiger partial charge on any atom is 0.266 e. The van der Waals surface area contributed by atoms with Crippen molar-refractivity contribution in [1.29, 1.82) is 0 Å². The first kappa shape index (κ1) is 13.5. The summed E-state index contributed by atoms with van der Waals surface area (Å²) in [6.07, 6.45) is 1.73. The van der Waals surface area contributed by atoms with E-state index in [2.05, 4.69) is 9.97 Å². The van der Waals surface area contributed by atoms with Gasteiger partial charge in [0.1, 0.15) is 4.88 Å². The van der Waals surface area contributed by atoms with E-state index in [0.717, 1.165) is 5.69 Å². The number of thiazole rings is 1. The molecule has 2 aromatic heterocycles. The van der Waals surface area contributed by atoms with Crippen molar-refractivity contribution in [3.05, 3.63) is 40.7 Å². The number of anilines is 1. The first-order valence-corrected chi connectivity index (χ1v) is 6.85. The van der Waals surface area contributed by atoms with Crippen LogP contribution in [-0.2, 0) is 6.54 Å². The van der Waals surface area contributed by atoms with Gasteiger partial charge in [-0.3, -0.25) is 9.78 Å². The fraction of sp³-hybridized carbons (Fsp3) is 0.308. The molecule has 0 saturated heterocycles. The van der Waals surface area contributed by atoms with Gasteiger partial charge in [0.25, 0.3) is 5.91 Å². The lowest BCUT2D eigenvalue weighted by atomic mass is 10.3. The maximum atomic E-state index is 12.4. The summed E-state index contributed by atoms with van der Waals surface area (Å²) in [4.78, 5) is 23.1. The molecule has 0 aromatic carbocycles. The number of amides is 1. The normalized spacial score (nSPS) is 10.4. The number of pyridine rings is 1. The molecular weight excluding hydrogens is 260 g/mol. The Morgan fingerprint density at radius 2 is 2.26 bits per heavy atom. The van der Waals surface area contributed by atoms with E-state index in [9.17, 15) is 4.79 Å². The summed E-state index contributed by atoms with van der Waals surface area (Å²) in [5.74, 6) is -0.0418. The predicted molar refractivity (Wildman–Crippen MR) is 75.9 cm³/mol. The Kier molecular flexibility index (Phi) is 4.11. The Morgan fingerprint density at radius 3 is 2.79 bits per heavy atom. The average molecular weight is 276 g/mol. The molecule has 0 bridgehead atoms. The van der Waals surface area contributed by atoms with Gasteiger partial charge < -0.3 is 10.6 Å². The second-order valence-corrected chi connectivity index (χ2v) is 5.14. The highest BCUT2D eigenvalue weighted by atomic mass is 32.1. The zero-order chi connectivity index (χ0) is 13.8. The van der Waals surface area contributed by atoms with Crippen LogP contribution in [0.1, 0.15) is 28.0 Å². The lowest BCUT2D eigenvalue weighted by Gasteiger charge is -2.19. The molecule has 2 aromatic rings. The highest BCUT2D eigenvalue weighted by molar-refractivity contribution is 7.17. The summed E-state index contributed by atoms with van der Waals surface area (Å²) in [6, 6.07) is 5.68. The molecule has 0 aliphatic carbocycles. The quantitative estimate of drug-likeness (QED) is 0.928. The Balaban J connectivity index is 2.18. The van der Waals surface area contributed by atoms with Crippen molar-refractivity contribution in [2.75, 3.05) is 12.3 Å². The summed E-state index contributed by atoms with van der Waals surface area (Å²) in [5, 5.41) is 0.426. The third-order valence-electron chi connectivity index (χ3n) is 2.76. The molecule has 6 heteroatoms. The van der Waals surface area contributed by atoms with E-state index in [1.165, 1.54) is 11.3 Å². The molecule has 100 valence electrons. The molecule has 0 unspecified atom stereocenters. The number of hydrogen-bond acceptors (Lipinski definition) is 5. The number of aryl methyl sites for hydroxylation is 1. The molecule has 2 N–H and O–H groups in total. The van der Waals surface area contributed by atoms with Crippen molar-refractivity contribution in [2.45, 2.75) is 20.4 Å². The molecule has 0 radical (unpaired) electrons. The molecule has 2 heterocycles. The highest BCUT2D eigenvalue weighted by Crippen LogP contribution is 2.22. The van der Waals surface area contributed by atoms with Crippen LogP contribution in [0, 0.1) is 6.92 Å². The fourth-order valence-corrected chi connectivity index (χ4v) is 2.58. The van der Waals surface area contributed by atoms with Crippen LogP contribution in [0.5, 0.6) is 0 Å². The van der Waals surface area contributed by atoms with E-state index in [1.807, 2.05) is 25.1 Å². The summed E-state index contributed by atoms with van der Waals surface area (Å²) in [7, 11) is 0. The predicted octanol–water partition coefficient (Wildman–Crippen LogP) is 2.09. The van der Waals surface area contributed by atoms with Gasteiger partial charge in [-0.1, -0.05) is 17.4 Å². The number of nitrogens with zero attached hydrogens (tertiary/aromatic N) is 3. The summed E-state index contributed by atoms with van der Waals surface area (Å²) >= 11 is 1.23. The Morgan fingerprint density at radius 1 is 1.47 bits per heavy atom. The molecule has 0 fully saturated rings. The van der Waals surface area contributed by atoms with Crippen LogP contribution < -0.4 is 5.73 Å². The lowest BCUT2D eigenvalue weighted by Crippen LogP contribution is -2.30. The molecule has 0 spiro atoms. The summed E-state index contributed by atoms with van der Waals surface area (Å²) in [5.41, 5.74) is 7.19. The van der Waals surface area contributed by atoms with Gasteiger partial charge in [-0.15, -0.1) is 0 Å². The SMILES string of the molecule is CCN(Cc1ccccn1)C(=O)c1sc(N)nc1C. The third kappa shape index (κ3) is 3.08. The van der Waals surface area contributed by atoms with Gasteiger partial charge in [-0.25, -0.2) is 4.98 Å². The van der Waals surface area contributed by atoms with E-state index in [-0.39, 0.29) is 5.91 Å². The maximum absolute atomic E-state index is 12.4. The molecule has 5 nitrogen and oxygen atoms in total. The molecule has 19 heavy (non-hydrogen) atoms. The molecule has 0 saturated carbocycles. The van der Waals surface area contributed by atoms with Crippen LogP contribution in [0.2, 0.25) is 0 Å². The number of hydrogen-bond donors (Lipinski definition) is 1. The summed E-state index contributed by atoms with van der Waals surface area (Å²) in [6.45, 7) is 4.86. The summed E-state index contributed by atoms with van der Waals surface area (Å²) < 4.78 is 0. The first-order chi connectivity index (χ1) is 9.11. The van der Waals surface area contributed by atoms with E-state index < -0.39 is 0 Å². The molecular formula is C13H16N4OS. The smallest absolute Gasteiger partial charge is 0.266 e. The van der Waals surface area contributed by atoms with Crippen molar-refractivity contribution in [3.8, 4) is 0 Å². The first-order valence-electron chi connectivity index (χ1n) is 6.04. The zero-order valence-electron chi connectivity index (χ0n) is 11.0. The number of aromatic nitrogens is 2. The van der Waals surface area contributed by atoms with Crippen LogP contribution in [0.4, 0.5) is 5.13 Å². The van der Waals surface area contributed by atoms with Crippen molar-refractivity contribution >= 4 is 22.4 Å². The lowest BCUT2D eigenvalue weighted by molar-refractivity contribution is 0.0754. The number of rotatable bonds is 4. The topological polar surface area (TPSA) is 72.1 Å². The van der Waals surface area contributed by atoms with E-state index >= 15 is 0 Å². The highest BCUT2D eigenvalue weighted by Gasteiger charge is 2.20. The average Bonchev–Trinajstić information content (AvgIpc) is 2.75. The molecule has 0 aliphatic rings. The van der Waals surface area contributed by atoms with E-state index in [4.69, 9.17) is 5.73 Å². The number of nitrogens with two attached hydrogens (primary N) is 1. The van der Waals surface area contributed by atoms with Gasteiger partial charge in [-0.2, -0.15) is 0 Å². The van der Waals surface area contributed by atoms with Gasteiger partial charge in [0.2, 0.25) is 0 Å². The van der Waals surface area contributed by atoms with Crippen LogP contribution in [0.3, 0.4) is 0 Å². The van der Waals surface area contributed by atoms with Gasteiger partial charge in [0.05, 0.1) is 17.9 Å². The minimum absolute atomic E-state index is 0.0418. The van der Waals surface area contributed by atoms with Gasteiger partial charge in [0.15, 0.2) is 5.13 Å². The zero-order valence-corrected chi connectivity index (χ0v) is 11.8. The van der Waals surface area contributed by atoms with Gasteiger partial charge in [-0.05, 0) is 26.0 Å². The third-order valence-corrected chi connectivity index (χ3v) is 3.73. The number of carbonyl (C=O) groups is 1. The van der Waals surface area contributed by atoms with Gasteiger partial charge >= 0.3 is 0 Å². The number of nitrogen functional groups attached to an aromatic ring is 1. The number of carbonyl (C=O) groups excluding carboxylic acids is 1. The van der Waals surface area contributed by atoms with Gasteiger partial charge in [0, 0.05) is 12.7 Å². The monoisotopic (exact) mass is 276 g/mol. The van der Waals surface area contributed by atoms with Crippen LogP contribution in [0.15, 0.2) is 24.4 Å². The Labute approximate surface area is 116 Å². The minimum atomic E-state index is -0.0418. The van der Waals surface area contributed by atoms with E-state index in [1.54, 1.807) is 18.0 Å². The van der Waals surface area contributed by atoms with E-state index in [0.29, 0.717) is 28.8 Å². The van der Waals surface area contributed by atoms with Crippen molar-refractivity contribution in [3.63, 3.8) is 0 Å².